The molecule has 2 amide bonds. The van der Waals surface area contributed by atoms with E-state index in [9.17, 15) is 13.2 Å². The molecular weight excluding hydrogens is 466 g/mol. The summed E-state index contributed by atoms with van der Waals surface area (Å²) in [6, 6.07) is 9.38. The number of ether oxygens (including phenoxy) is 1. The van der Waals surface area contributed by atoms with Crippen molar-refractivity contribution in [3.8, 4) is 5.75 Å². The van der Waals surface area contributed by atoms with Crippen molar-refractivity contribution in [2.75, 3.05) is 25.5 Å². The Morgan fingerprint density at radius 3 is 2.64 bits per heavy atom. The van der Waals surface area contributed by atoms with Crippen LogP contribution in [0.4, 0.5) is 10.5 Å². The Bertz CT molecular complexity index is 1290. The standard InChI is InChI=1S/C22H26ClN5O4S/c1-27-19-8-6-15(23)12-17(19)25-21(27)14-24-22(29)26-18-13-16(7-9-20(18)32-2)33(30,31)28-10-4-3-5-11-28/h6-9,12-13H,3-5,10-11,14H2,1-2H3,(H2,24,26,29). The monoisotopic (exact) mass is 491 g/mol. The fourth-order valence-electron chi connectivity index (χ4n) is 3.91. The first-order chi connectivity index (χ1) is 15.8. The molecule has 1 aromatic heterocycles. The van der Waals surface area contributed by atoms with Crippen molar-refractivity contribution in [1.82, 2.24) is 19.2 Å². The summed E-state index contributed by atoms with van der Waals surface area (Å²) in [7, 11) is -0.325. The Hall–Kier alpha value is -2.82. The minimum absolute atomic E-state index is 0.118. The van der Waals surface area contributed by atoms with E-state index in [4.69, 9.17) is 16.3 Å². The van der Waals surface area contributed by atoms with Crippen molar-refractivity contribution in [1.29, 1.82) is 0 Å². The lowest BCUT2D eigenvalue weighted by Gasteiger charge is -2.26. The third kappa shape index (κ3) is 4.92. The maximum atomic E-state index is 13.0. The second-order valence-electron chi connectivity index (χ2n) is 7.85. The molecule has 1 aliphatic heterocycles. The van der Waals surface area contributed by atoms with Gasteiger partial charge < -0.3 is 19.9 Å². The van der Waals surface area contributed by atoms with Gasteiger partial charge in [0.2, 0.25) is 10.0 Å². The van der Waals surface area contributed by atoms with E-state index >= 15 is 0 Å². The lowest BCUT2D eigenvalue weighted by Crippen LogP contribution is -2.35. The van der Waals surface area contributed by atoms with Gasteiger partial charge in [-0.1, -0.05) is 18.0 Å². The van der Waals surface area contributed by atoms with Crippen LogP contribution in [0.15, 0.2) is 41.3 Å². The quantitative estimate of drug-likeness (QED) is 0.546. The molecular formula is C22H26ClN5O4S. The fourth-order valence-corrected chi connectivity index (χ4v) is 5.62. The molecule has 0 spiro atoms. The van der Waals surface area contributed by atoms with E-state index < -0.39 is 16.1 Å². The highest BCUT2D eigenvalue weighted by molar-refractivity contribution is 7.89. The van der Waals surface area contributed by atoms with E-state index in [1.54, 1.807) is 18.2 Å². The molecule has 0 unspecified atom stereocenters. The predicted octanol–water partition coefficient (Wildman–Crippen LogP) is 3.73. The number of amides is 2. The number of carbonyl (C=O) groups is 1. The molecule has 1 fully saturated rings. The summed E-state index contributed by atoms with van der Waals surface area (Å²) < 4.78 is 34.7. The summed E-state index contributed by atoms with van der Waals surface area (Å²) in [4.78, 5) is 17.2. The first-order valence-corrected chi connectivity index (χ1v) is 12.5. The van der Waals surface area contributed by atoms with Gasteiger partial charge in [0.05, 0.1) is 35.3 Å². The van der Waals surface area contributed by atoms with Crippen LogP contribution < -0.4 is 15.4 Å². The van der Waals surface area contributed by atoms with Gasteiger partial charge in [0, 0.05) is 25.2 Å². The minimum atomic E-state index is -3.64. The van der Waals surface area contributed by atoms with Gasteiger partial charge in [-0.3, -0.25) is 0 Å². The zero-order valence-electron chi connectivity index (χ0n) is 18.5. The zero-order valence-corrected chi connectivity index (χ0v) is 20.0. The first kappa shape index (κ1) is 23.3. The minimum Gasteiger partial charge on any atom is -0.495 e. The normalized spacial score (nSPS) is 14.9. The number of aromatic nitrogens is 2. The van der Waals surface area contributed by atoms with E-state index in [-0.39, 0.29) is 17.1 Å². The van der Waals surface area contributed by atoms with Gasteiger partial charge in [0.25, 0.3) is 0 Å². The lowest BCUT2D eigenvalue weighted by atomic mass is 10.2. The number of hydrogen-bond donors (Lipinski definition) is 2. The van der Waals surface area contributed by atoms with E-state index in [0.717, 1.165) is 30.3 Å². The van der Waals surface area contributed by atoms with Gasteiger partial charge in [-0.2, -0.15) is 4.31 Å². The average Bonchev–Trinajstić information content (AvgIpc) is 3.12. The molecule has 0 aliphatic carbocycles. The van der Waals surface area contributed by atoms with E-state index in [2.05, 4.69) is 15.6 Å². The number of benzene rings is 2. The first-order valence-electron chi connectivity index (χ1n) is 10.6. The number of carbonyl (C=O) groups excluding carboxylic acids is 1. The lowest BCUT2D eigenvalue weighted by molar-refractivity contribution is 0.251. The van der Waals surface area contributed by atoms with Crippen LogP contribution in [0.1, 0.15) is 25.1 Å². The molecule has 4 rings (SSSR count). The highest BCUT2D eigenvalue weighted by Crippen LogP contribution is 2.30. The number of piperidine rings is 1. The Morgan fingerprint density at radius 2 is 1.91 bits per heavy atom. The molecule has 3 aromatic rings. The molecule has 9 nitrogen and oxygen atoms in total. The van der Waals surface area contributed by atoms with Crippen LogP contribution in [0.25, 0.3) is 11.0 Å². The van der Waals surface area contributed by atoms with Crippen LogP contribution in [0.3, 0.4) is 0 Å². The molecule has 0 radical (unpaired) electrons. The molecule has 11 heteroatoms. The molecule has 2 aromatic carbocycles. The highest BCUT2D eigenvalue weighted by atomic mass is 35.5. The number of nitrogens with one attached hydrogen (secondary N) is 2. The SMILES string of the molecule is COc1ccc(S(=O)(=O)N2CCCCC2)cc1NC(=O)NCc1nc2cc(Cl)ccc2n1C. The van der Waals surface area contributed by atoms with Crippen molar-refractivity contribution < 1.29 is 17.9 Å². The van der Waals surface area contributed by atoms with Crippen LogP contribution in [-0.2, 0) is 23.6 Å². The topological polar surface area (TPSA) is 106 Å². The van der Waals surface area contributed by atoms with E-state index in [1.165, 1.54) is 23.5 Å². The Balaban J connectivity index is 1.49. The van der Waals surface area contributed by atoms with Crippen LogP contribution in [-0.4, -0.2) is 48.5 Å². The number of fused-ring (bicyclic) bond motifs is 1. The van der Waals surface area contributed by atoms with Gasteiger partial charge >= 0.3 is 6.03 Å². The van der Waals surface area contributed by atoms with Crippen LogP contribution in [0, 0.1) is 0 Å². The second kappa shape index (κ2) is 9.58. The Morgan fingerprint density at radius 1 is 1.15 bits per heavy atom. The number of imidazole rings is 1. The number of halogens is 1. The number of aryl methyl sites for hydroxylation is 1. The van der Waals surface area contributed by atoms with Crippen LogP contribution in [0.2, 0.25) is 5.02 Å². The van der Waals surface area contributed by atoms with Crippen molar-refractivity contribution in [2.24, 2.45) is 7.05 Å². The molecule has 176 valence electrons. The smallest absolute Gasteiger partial charge is 0.319 e. The average molecular weight is 492 g/mol. The number of anilines is 1. The number of methoxy groups -OCH3 is 1. The van der Waals surface area contributed by atoms with Gasteiger partial charge in [-0.15, -0.1) is 0 Å². The van der Waals surface area contributed by atoms with E-state index in [1.807, 2.05) is 17.7 Å². The molecule has 2 heterocycles. The second-order valence-corrected chi connectivity index (χ2v) is 10.2. The number of rotatable bonds is 6. The molecule has 33 heavy (non-hydrogen) atoms. The number of urea groups is 1. The van der Waals surface area contributed by atoms with Crippen LogP contribution >= 0.6 is 11.6 Å². The maximum absolute atomic E-state index is 13.0. The fraction of sp³-hybridized carbons (Fsp3) is 0.364. The maximum Gasteiger partial charge on any atom is 0.319 e. The van der Waals surface area contributed by atoms with Gasteiger partial charge in [-0.05, 0) is 49.2 Å². The van der Waals surface area contributed by atoms with Gasteiger partial charge in [0.1, 0.15) is 11.6 Å². The number of sulfonamides is 1. The molecule has 0 bridgehead atoms. The number of hydrogen-bond acceptors (Lipinski definition) is 5. The largest absolute Gasteiger partial charge is 0.495 e. The summed E-state index contributed by atoms with van der Waals surface area (Å²) in [6.07, 6.45) is 2.72. The Labute approximate surface area is 197 Å². The third-order valence-electron chi connectivity index (χ3n) is 5.71. The summed E-state index contributed by atoms with van der Waals surface area (Å²) in [6.45, 7) is 1.17. The summed E-state index contributed by atoms with van der Waals surface area (Å²) in [5.74, 6) is 1.01. The molecule has 1 saturated heterocycles. The molecule has 0 saturated carbocycles. The van der Waals surface area contributed by atoms with Gasteiger partial charge in [0.15, 0.2) is 0 Å². The summed E-state index contributed by atoms with van der Waals surface area (Å²) >= 11 is 6.03. The molecule has 1 aliphatic rings. The Kier molecular flexibility index (Phi) is 6.78. The van der Waals surface area contributed by atoms with Crippen LogP contribution in [0.5, 0.6) is 5.75 Å². The van der Waals surface area contributed by atoms with Crippen molar-refractivity contribution >= 4 is 44.4 Å². The summed E-state index contributed by atoms with van der Waals surface area (Å²) in [5, 5.41) is 6.04. The van der Waals surface area contributed by atoms with Crippen molar-refractivity contribution in [3.63, 3.8) is 0 Å². The number of nitrogens with zero attached hydrogens (tertiary/aromatic N) is 3. The summed E-state index contributed by atoms with van der Waals surface area (Å²) in [5.41, 5.74) is 1.90. The van der Waals surface area contributed by atoms with Gasteiger partial charge in [-0.25, -0.2) is 18.2 Å². The van der Waals surface area contributed by atoms with E-state index in [0.29, 0.717) is 29.7 Å². The van der Waals surface area contributed by atoms with Crippen molar-refractivity contribution in [2.45, 2.75) is 30.7 Å². The molecule has 0 atom stereocenters. The third-order valence-corrected chi connectivity index (χ3v) is 7.84. The predicted molar refractivity (Wildman–Crippen MR) is 127 cm³/mol. The zero-order chi connectivity index (χ0) is 23.6. The molecule has 2 N–H and O–H groups in total. The van der Waals surface area contributed by atoms with Crippen molar-refractivity contribution in [3.05, 3.63) is 47.2 Å². The highest BCUT2D eigenvalue weighted by Gasteiger charge is 2.27.